The third-order valence-corrected chi connectivity index (χ3v) is 8.42. The first-order valence-electron chi connectivity index (χ1n) is 14.4. The number of nitriles is 1. The number of nitrogen functional groups attached to an aromatic ring is 1. The maximum atomic E-state index is 12.0. The second kappa shape index (κ2) is 10.8. The predicted octanol–water partition coefficient (Wildman–Crippen LogP) is 3.88. The number of hydrogen-bond acceptors (Lipinski definition) is 8. The lowest BCUT2D eigenvalue weighted by molar-refractivity contribution is -0.127. The molecule has 7 rings (SSSR count). The summed E-state index contributed by atoms with van der Waals surface area (Å²) in [6.07, 6.45) is 10.3. The molecule has 11 nitrogen and oxygen atoms in total. The lowest BCUT2D eigenvalue weighted by atomic mass is 10.0. The fourth-order valence-electron chi connectivity index (χ4n) is 6.27. The van der Waals surface area contributed by atoms with Gasteiger partial charge in [0, 0.05) is 55.5 Å². The van der Waals surface area contributed by atoms with Crippen LogP contribution in [0, 0.1) is 11.3 Å². The maximum absolute atomic E-state index is 12.0. The number of benzene rings is 1. The molecule has 1 aliphatic heterocycles. The van der Waals surface area contributed by atoms with Crippen molar-refractivity contribution in [3.8, 4) is 29.0 Å². The molecular formula is C32H30N10O. The molecule has 0 radical (unpaired) electrons. The molecule has 0 unspecified atom stereocenters. The van der Waals surface area contributed by atoms with Crippen LogP contribution >= 0.6 is 0 Å². The molecular weight excluding hydrogens is 540 g/mol. The molecule has 43 heavy (non-hydrogen) atoms. The van der Waals surface area contributed by atoms with Crippen molar-refractivity contribution < 1.29 is 4.79 Å². The Morgan fingerprint density at radius 2 is 1.98 bits per heavy atom. The summed E-state index contributed by atoms with van der Waals surface area (Å²) in [5, 5.41) is 18.3. The first kappa shape index (κ1) is 26.6. The number of nitrogens with two attached hydrogens (primary N) is 1. The highest BCUT2D eigenvalue weighted by Gasteiger charge is 2.29. The van der Waals surface area contributed by atoms with E-state index in [2.05, 4.69) is 46.2 Å². The largest absolute Gasteiger partial charge is 0.383 e. The number of amides is 1. The summed E-state index contributed by atoms with van der Waals surface area (Å²) in [7, 11) is 0. The van der Waals surface area contributed by atoms with Gasteiger partial charge >= 0.3 is 0 Å². The van der Waals surface area contributed by atoms with E-state index in [4.69, 9.17) is 15.7 Å². The number of likely N-dealkylation sites (tertiary alicyclic amines) is 1. The Morgan fingerprint density at radius 3 is 2.72 bits per heavy atom. The van der Waals surface area contributed by atoms with Gasteiger partial charge in [-0.25, -0.2) is 19.6 Å². The summed E-state index contributed by atoms with van der Waals surface area (Å²) in [5.41, 5.74) is 11.8. The van der Waals surface area contributed by atoms with Crippen molar-refractivity contribution in [2.45, 2.75) is 37.8 Å². The number of aryl methyl sites for hydroxylation is 1. The molecule has 2 aliphatic rings. The number of nitrogens with one attached hydrogen (secondary N) is 1. The summed E-state index contributed by atoms with van der Waals surface area (Å²) < 4.78 is 3.59. The van der Waals surface area contributed by atoms with Crippen molar-refractivity contribution in [1.82, 2.24) is 39.5 Å². The van der Waals surface area contributed by atoms with E-state index < -0.39 is 0 Å². The van der Waals surface area contributed by atoms with Crippen molar-refractivity contribution in [2.75, 3.05) is 18.8 Å². The fraction of sp³-hybridized carbons (Fsp3) is 0.250. The molecule has 3 N–H and O–H groups in total. The molecule has 1 amide bonds. The number of imidazole rings is 1. The Morgan fingerprint density at radius 1 is 1.12 bits per heavy atom. The second-order valence-corrected chi connectivity index (χ2v) is 10.9. The molecule has 5 heterocycles. The van der Waals surface area contributed by atoms with Gasteiger partial charge in [0.15, 0.2) is 17.3 Å². The predicted molar refractivity (Wildman–Crippen MR) is 162 cm³/mol. The zero-order chi connectivity index (χ0) is 29.5. The number of rotatable bonds is 6. The quantitative estimate of drug-likeness (QED) is 0.293. The van der Waals surface area contributed by atoms with E-state index in [0.29, 0.717) is 45.8 Å². The van der Waals surface area contributed by atoms with Gasteiger partial charge in [-0.3, -0.25) is 9.36 Å². The number of fused-ring (bicyclic) bond motifs is 2. The van der Waals surface area contributed by atoms with Crippen molar-refractivity contribution in [1.29, 1.82) is 5.26 Å². The monoisotopic (exact) mass is 570 g/mol. The molecule has 1 atom stereocenters. The van der Waals surface area contributed by atoms with Gasteiger partial charge in [-0.2, -0.15) is 10.4 Å². The van der Waals surface area contributed by atoms with Crippen LogP contribution in [0.1, 0.15) is 42.0 Å². The van der Waals surface area contributed by atoms with Crippen molar-refractivity contribution in [2.24, 2.45) is 0 Å². The Labute approximate surface area is 248 Å². The van der Waals surface area contributed by atoms with E-state index in [0.717, 1.165) is 44.5 Å². The highest BCUT2D eigenvalue weighted by Crippen LogP contribution is 2.37. The summed E-state index contributed by atoms with van der Waals surface area (Å²) in [5.74, 6) is 1.43. The van der Waals surface area contributed by atoms with Crippen LogP contribution in [0.4, 0.5) is 5.82 Å². The summed E-state index contributed by atoms with van der Waals surface area (Å²) in [4.78, 5) is 28.0. The second-order valence-electron chi connectivity index (χ2n) is 10.9. The molecule has 4 aromatic heterocycles. The Hall–Kier alpha value is -5.34. The molecule has 0 bridgehead atoms. The number of carbonyl (C=O) groups is 1. The van der Waals surface area contributed by atoms with Gasteiger partial charge in [0.05, 0.1) is 11.1 Å². The molecule has 1 aliphatic carbocycles. The number of pyridine rings is 2. The van der Waals surface area contributed by atoms with Gasteiger partial charge in [-0.15, -0.1) is 0 Å². The standard InChI is InChI=1S/C32H30N10O/c1-2-28(43)40-15-10-22(11-16-40)37-26-9-6-20-17-23(7-8-24(20)26)42-31(25-5-3-12-35-30(25)34)39-29-21(19-33)18-27(38-32(29)42)41-14-4-13-36-41/h2-5,7-8,12-14,17-18,22,26,37H,1,6,9-11,15-16H2,(H2,34,35)/t26-/m0/s1. The van der Waals surface area contributed by atoms with Gasteiger partial charge in [0.2, 0.25) is 5.91 Å². The summed E-state index contributed by atoms with van der Waals surface area (Å²) in [6, 6.07) is 16.5. The van der Waals surface area contributed by atoms with Crippen molar-refractivity contribution in [3.05, 3.63) is 90.4 Å². The SMILES string of the molecule is C=CC(=O)N1CCC(N[C@H]2CCc3cc(-n4c(-c5cccnc5N)nc5c(C#N)cc(-n6cccn6)nc54)ccc32)CC1. The lowest BCUT2D eigenvalue weighted by Gasteiger charge is -2.33. The summed E-state index contributed by atoms with van der Waals surface area (Å²) >= 11 is 0. The number of carbonyl (C=O) groups excluding carboxylic acids is 1. The normalized spacial score (nSPS) is 16.7. The molecule has 1 fully saturated rings. The first-order chi connectivity index (χ1) is 21.0. The minimum atomic E-state index is 0.00440. The lowest BCUT2D eigenvalue weighted by Crippen LogP contribution is -2.45. The molecule has 0 spiro atoms. The minimum absolute atomic E-state index is 0.00440. The minimum Gasteiger partial charge on any atom is -0.383 e. The topological polar surface area (TPSA) is 144 Å². The van der Waals surface area contributed by atoms with Crippen LogP contribution in [0.3, 0.4) is 0 Å². The van der Waals surface area contributed by atoms with Crippen LogP contribution in [-0.4, -0.2) is 59.2 Å². The van der Waals surface area contributed by atoms with Crippen LogP contribution in [0.25, 0.3) is 34.1 Å². The van der Waals surface area contributed by atoms with Crippen molar-refractivity contribution >= 4 is 22.9 Å². The highest BCUT2D eigenvalue weighted by molar-refractivity contribution is 5.88. The fourth-order valence-corrected chi connectivity index (χ4v) is 6.27. The average molecular weight is 571 g/mol. The first-order valence-corrected chi connectivity index (χ1v) is 14.4. The molecule has 5 aromatic rings. The van der Waals surface area contributed by atoms with Crippen LogP contribution < -0.4 is 11.1 Å². The third-order valence-electron chi connectivity index (χ3n) is 8.42. The van der Waals surface area contributed by atoms with Gasteiger partial charge in [-0.05, 0) is 73.2 Å². The number of anilines is 1. The van der Waals surface area contributed by atoms with Crippen molar-refractivity contribution in [3.63, 3.8) is 0 Å². The number of hydrogen-bond donors (Lipinski definition) is 2. The number of piperidine rings is 1. The molecule has 214 valence electrons. The molecule has 1 saturated heterocycles. The number of nitrogens with zero attached hydrogens (tertiary/aromatic N) is 8. The maximum Gasteiger partial charge on any atom is 0.245 e. The van der Waals surface area contributed by atoms with Crippen LogP contribution in [-0.2, 0) is 11.2 Å². The third kappa shape index (κ3) is 4.71. The average Bonchev–Trinajstić information content (AvgIpc) is 3.80. The van der Waals surface area contributed by atoms with Gasteiger partial charge in [0.25, 0.3) is 0 Å². The van der Waals surface area contributed by atoms with Crippen LogP contribution in [0.2, 0.25) is 0 Å². The zero-order valence-corrected chi connectivity index (χ0v) is 23.5. The van der Waals surface area contributed by atoms with E-state index >= 15 is 0 Å². The van der Waals surface area contributed by atoms with E-state index in [1.165, 1.54) is 17.2 Å². The van der Waals surface area contributed by atoms with E-state index in [1.54, 1.807) is 29.3 Å². The van der Waals surface area contributed by atoms with Gasteiger partial charge in [0.1, 0.15) is 17.4 Å². The van der Waals surface area contributed by atoms with E-state index in [1.807, 2.05) is 27.7 Å². The highest BCUT2D eigenvalue weighted by atomic mass is 16.2. The van der Waals surface area contributed by atoms with Gasteiger partial charge in [-0.1, -0.05) is 12.6 Å². The molecule has 11 heteroatoms. The Kier molecular flexibility index (Phi) is 6.68. The summed E-state index contributed by atoms with van der Waals surface area (Å²) in [6.45, 7) is 5.10. The Bertz CT molecular complexity index is 1890. The number of aromatic nitrogens is 6. The molecule has 0 saturated carbocycles. The smallest absolute Gasteiger partial charge is 0.245 e. The zero-order valence-electron chi connectivity index (χ0n) is 23.5. The van der Waals surface area contributed by atoms with E-state index in [-0.39, 0.29) is 11.9 Å². The van der Waals surface area contributed by atoms with Crippen LogP contribution in [0.15, 0.2) is 73.7 Å². The molecule has 1 aromatic carbocycles. The van der Waals surface area contributed by atoms with Gasteiger partial charge < -0.3 is 16.0 Å². The van der Waals surface area contributed by atoms with Crippen LogP contribution in [0.5, 0.6) is 0 Å². The Balaban J connectivity index is 1.28. The van der Waals surface area contributed by atoms with E-state index in [9.17, 15) is 10.1 Å².